The summed E-state index contributed by atoms with van der Waals surface area (Å²) in [6.07, 6.45) is -0.217. The summed E-state index contributed by atoms with van der Waals surface area (Å²) in [5, 5.41) is 22.9. The van der Waals surface area contributed by atoms with Gasteiger partial charge in [-0.3, -0.25) is 9.78 Å². The Morgan fingerprint density at radius 3 is 2.70 bits per heavy atom. The molecule has 1 saturated heterocycles. The number of amides is 1. The quantitative estimate of drug-likeness (QED) is 0.676. The fourth-order valence-corrected chi connectivity index (χ4v) is 3.55. The number of anilines is 1. The third-order valence-electron chi connectivity index (χ3n) is 5.30. The van der Waals surface area contributed by atoms with Crippen LogP contribution in [0, 0.1) is 0 Å². The van der Waals surface area contributed by atoms with Crippen LogP contribution in [0.1, 0.15) is 18.4 Å². The molecular weight excluding hydrogens is 399 g/mol. The smallest absolute Gasteiger partial charge is 0.416 e. The molecule has 10 heteroatoms. The molecule has 30 heavy (non-hydrogen) atoms. The van der Waals surface area contributed by atoms with Crippen molar-refractivity contribution in [1.82, 2.24) is 20.1 Å². The second kappa shape index (κ2) is 7.43. The largest absolute Gasteiger partial charge is 0.507 e. The van der Waals surface area contributed by atoms with Crippen molar-refractivity contribution in [2.75, 3.05) is 18.9 Å². The van der Waals surface area contributed by atoms with Crippen molar-refractivity contribution in [2.45, 2.75) is 25.1 Å². The van der Waals surface area contributed by atoms with Gasteiger partial charge in [-0.2, -0.15) is 13.2 Å². The predicted octanol–water partition coefficient (Wildman–Crippen LogP) is 3.45. The van der Waals surface area contributed by atoms with E-state index in [1.54, 1.807) is 24.2 Å². The molecule has 1 fully saturated rings. The number of fused-ring (bicyclic) bond motifs is 1. The third-order valence-corrected chi connectivity index (χ3v) is 5.30. The Morgan fingerprint density at radius 1 is 1.23 bits per heavy atom. The highest BCUT2D eigenvalue weighted by atomic mass is 19.4. The van der Waals surface area contributed by atoms with Gasteiger partial charge in [0.05, 0.1) is 5.56 Å². The molecule has 1 amide bonds. The summed E-state index contributed by atoms with van der Waals surface area (Å²) in [7, 11) is 1.75. The lowest BCUT2D eigenvalue weighted by atomic mass is 10.0. The molecule has 3 heterocycles. The molecule has 0 aliphatic carbocycles. The maximum Gasteiger partial charge on any atom is 0.416 e. The molecule has 3 aromatic rings. The Labute approximate surface area is 169 Å². The number of phenols is 1. The van der Waals surface area contributed by atoms with E-state index in [1.807, 2.05) is 0 Å². The van der Waals surface area contributed by atoms with Gasteiger partial charge in [0.2, 0.25) is 5.91 Å². The van der Waals surface area contributed by atoms with Gasteiger partial charge in [0.25, 0.3) is 0 Å². The van der Waals surface area contributed by atoms with Crippen LogP contribution in [0.4, 0.5) is 19.0 Å². The van der Waals surface area contributed by atoms with Gasteiger partial charge in [0, 0.05) is 54.8 Å². The molecule has 0 bridgehead atoms. The third kappa shape index (κ3) is 3.60. The minimum atomic E-state index is -4.56. The van der Waals surface area contributed by atoms with Crippen molar-refractivity contribution < 1.29 is 23.1 Å². The lowest BCUT2D eigenvalue weighted by Crippen LogP contribution is -2.34. The van der Waals surface area contributed by atoms with Crippen molar-refractivity contribution in [2.24, 2.45) is 0 Å². The standard InChI is InChI=1S/C20H18F3N5O2/c1-28-12(3-5-17(28)30)9-25-19-15-10-24-7-6-13(15)18(26-27-19)14-4-2-11(8-16(14)29)20(21,22)23/h2,4,6-8,10,12,29H,3,5,9H2,1H3,(H,25,27). The summed E-state index contributed by atoms with van der Waals surface area (Å²) < 4.78 is 38.7. The maximum absolute atomic E-state index is 12.9. The molecule has 0 spiro atoms. The zero-order chi connectivity index (χ0) is 21.5. The Balaban J connectivity index is 1.69. The SMILES string of the molecule is CN1C(=O)CCC1CNc1nnc(-c2ccc(C(F)(F)F)cc2O)c2ccncc12. The van der Waals surface area contributed by atoms with E-state index < -0.39 is 17.5 Å². The molecule has 1 unspecified atom stereocenters. The number of likely N-dealkylation sites (N-methyl/N-ethyl adjacent to an activating group) is 1. The number of hydrogen-bond acceptors (Lipinski definition) is 6. The molecule has 7 nitrogen and oxygen atoms in total. The normalized spacial score (nSPS) is 17.0. The highest BCUT2D eigenvalue weighted by Crippen LogP contribution is 2.38. The van der Waals surface area contributed by atoms with Crippen LogP contribution in [0.15, 0.2) is 36.7 Å². The van der Waals surface area contributed by atoms with E-state index in [0.29, 0.717) is 35.6 Å². The molecule has 1 aliphatic heterocycles. The van der Waals surface area contributed by atoms with Crippen LogP contribution in [0.2, 0.25) is 0 Å². The molecule has 156 valence electrons. The number of pyridine rings is 1. The monoisotopic (exact) mass is 417 g/mol. The van der Waals surface area contributed by atoms with Crippen LogP contribution in [0.25, 0.3) is 22.0 Å². The van der Waals surface area contributed by atoms with Crippen molar-refractivity contribution in [3.8, 4) is 17.0 Å². The van der Waals surface area contributed by atoms with Crippen molar-refractivity contribution >= 4 is 22.5 Å². The van der Waals surface area contributed by atoms with Gasteiger partial charge < -0.3 is 15.3 Å². The van der Waals surface area contributed by atoms with E-state index in [4.69, 9.17) is 0 Å². The average molecular weight is 417 g/mol. The number of nitrogens with zero attached hydrogens (tertiary/aromatic N) is 4. The first kappa shape index (κ1) is 19.9. The van der Waals surface area contributed by atoms with Crippen LogP contribution >= 0.6 is 0 Å². The average Bonchev–Trinajstić information content (AvgIpc) is 3.03. The van der Waals surface area contributed by atoms with E-state index in [0.717, 1.165) is 12.5 Å². The number of rotatable bonds is 4. The lowest BCUT2D eigenvalue weighted by Gasteiger charge is -2.21. The van der Waals surface area contributed by atoms with Crippen LogP contribution in [-0.4, -0.2) is 50.7 Å². The fraction of sp³-hybridized carbons (Fsp3) is 0.300. The van der Waals surface area contributed by atoms with Gasteiger partial charge in [0.1, 0.15) is 11.4 Å². The summed E-state index contributed by atoms with van der Waals surface area (Å²) in [5.41, 5.74) is -0.562. The van der Waals surface area contributed by atoms with Crippen LogP contribution in [0.3, 0.4) is 0 Å². The minimum absolute atomic E-state index is 0.0321. The number of alkyl halides is 3. The van der Waals surface area contributed by atoms with E-state index in [2.05, 4.69) is 20.5 Å². The Hall–Kier alpha value is -3.43. The first-order valence-electron chi connectivity index (χ1n) is 9.26. The first-order valence-corrected chi connectivity index (χ1v) is 9.26. The van der Waals surface area contributed by atoms with Crippen molar-refractivity contribution in [1.29, 1.82) is 0 Å². The highest BCUT2D eigenvalue weighted by Gasteiger charge is 2.31. The molecule has 1 aliphatic rings. The van der Waals surface area contributed by atoms with E-state index >= 15 is 0 Å². The number of aromatic nitrogens is 3. The highest BCUT2D eigenvalue weighted by molar-refractivity contribution is 6.00. The fourth-order valence-electron chi connectivity index (χ4n) is 3.55. The number of halogens is 3. The van der Waals surface area contributed by atoms with Gasteiger partial charge in [-0.05, 0) is 30.7 Å². The molecule has 2 N–H and O–H groups in total. The summed E-state index contributed by atoms with van der Waals surface area (Å²) in [6.45, 7) is 0.478. The number of nitrogens with one attached hydrogen (secondary N) is 1. The van der Waals surface area contributed by atoms with Gasteiger partial charge in [-0.25, -0.2) is 0 Å². The number of hydrogen-bond donors (Lipinski definition) is 2. The van der Waals surface area contributed by atoms with E-state index in [9.17, 15) is 23.1 Å². The summed E-state index contributed by atoms with van der Waals surface area (Å²) >= 11 is 0. The van der Waals surface area contributed by atoms with E-state index in [1.165, 1.54) is 12.3 Å². The second-order valence-electron chi connectivity index (χ2n) is 7.13. The molecule has 4 rings (SSSR count). The van der Waals surface area contributed by atoms with Crippen LogP contribution in [-0.2, 0) is 11.0 Å². The number of benzene rings is 1. The Kier molecular flexibility index (Phi) is 4.92. The van der Waals surface area contributed by atoms with Crippen LogP contribution < -0.4 is 5.32 Å². The van der Waals surface area contributed by atoms with Crippen molar-refractivity contribution in [3.63, 3.8) is 0 Å². The Bertz CT molecular complexity index is 1120. The lowest BCUT2D eigenvalue weighted by molar-refractivity contribution is -0.137. The molecule has 0 radical (unpaired) electrons. The number of carbonyl (C=O) groups excluding carboxylic acids is 1. The second-order valence-corrected chi connectivity index (χ2v) is 7.13. The van der Waals surface area contributed by atoms with E-state index in [-0.39, 0.29) is 23.2 Å². The van der Waals surface area contributed by atoms with Gasteiger partial charge in [-0.15, -0.1) is 10.2 Å². The zero-order valence-electron chi connectivity index (χ0n) is 15.9. The summed E-state index contributed by atoms with van der Waals surface area (Å²) in [4.78, 5) is 17.5. The number of carbonyl (C=O) groups is 1. The van der Waals surface area contributed by atoms with Gasteiger partial charge in [0.15, 0.2) is 5.82 Å². The maximum atomic E-state index is 12.9. The number of aromatic hydroxyl groups is 1. The number of likely N-dealkylation sites (tertiary alicyclic amines) is 1. The molecule has 2 aromatic heterocycles. The van der Waals surface area contributed by atoms with Crippen LogP contribution in [0.5, 0.6) is 5.75 Å². The topological polar surface area (TPSA) is 91.2 Å². The summed E-state index contributed by atoms with van der Waals surface area (Å²) in [5.74, 6) is -0.00224. The van der Waals surface area contributed by atoms with Crippen molar-refractivity contribution in [3.05, 3.63) is 42.2 Å². The molecular formula is C20H18F3N5O2. The zero-order valence-corrected chi connectivity index (χ0v) is 15.9. The number of phenolic OH excluding ortho intramolecular Hbond substituents is 1. The first-order chi connectivity index (χ1) is 14.3. The molecule has 0 saturated carbocycles. The predicted molar refractivity (Wildman–Crippen MR) is 104 cm³/mol. The molecule has 1 aromatic carbocycles. The molecule has 1 atom stereocenters. The minimum Gasteiger partial charge on any atom is -0.507 e. The Morgan fingerprint density at radius 2 is 2.03 bits per heavy atom. The van der Waals surface area contributed by atoms with Gasteiger partial charge in [-0.1, -0.05) is 0 Å². The summed E-state index contributed by atoms with van der Waals surface area (Å²) in [6, 6.07) is 4.43. The van der Waals surface area contributed by atoms with Gasteiger partial charge >= 0.3 is 6.18 Å².